The van der Waals surface area contributed by atoms with Crippen LogP contribution in [0.4, 0.5) is 5.69 Å². The summed E-state index contributed by atoms with van der Waals surface area (Å²) >= 11 is 4.06. The monoisotopic (exact) mass is 361 g/mol. The van der Waals surface area contributed by atoms with Gasteiger partial charge in [-0.1, -0.05) is 12.8 Å². The third-order valence-electron chi connectivity index (χ3n) is 2.88. The summed E-state index contributed by atoms with van der Waals surface area (Å²) in [5, 5.41) is 3.64. The van der Waals surface area contributed by atoms with Gasteiger partial charge < -0.3 is 5.32 Å². The molecule has 0 bridgehead atoms. The Morgan fingerprint density at radius 1 is 1.29 bits per heavy atom. The molecule has 1 fully saturated rings. The summed E-state index contributed by atoms with van der Waals surface area (Å²) < 4.78 is 1.18. The summed E-state index contributed by atoms with van der Waals surface area (Å²) in [6, 6.07) is 7.89. The van der Waals surface area contributed by atoms with E-state index >= 15 is 0 Å². The van der Waals surface area contributed by atoms with Gasteiger partial charge >= 0.3 is 0 Å². The van der Waals surface area contributed by atoms with E-state index in [1.54, 1.807) is 11.8 Å². The summed E-state index contributed by atoms with van der Waals surface area (Å²) in [7, 11) is 0. The second-order valence-corrected chi connectivity index (χ2v) is 6.81. The highest BCUT2D eigenvalue weighted by Crippen LogP contribution is 2.29. The van der Waals surface area contributed by atoms with Gasteiger partial charge in [0.1, 0.15) is 0 Å². The number of halogens is 1. The highest BCUT2D eigenvalue weighted by molar-refractivity contribution is 14.1. The first-order chi connectivity index (χ1) is 8.24. The Morgan fingerprint density at radius 3 is 2.59 bits per heavy atom. The number of rotatable bonds is 4. The molecule has 0 unspecified atom stereocenters. The number of hydrogen-bond acceptors (Lipinski definition) is 2. The zero-order valence-electron chi connectivity index (χ0n) is 9.62. The molecule has 1 amide bonds. The maximum Gasteiger partial charge on any atom is 0.234 e. The Kier molecular flexibility index (Phi) is 5.16. The molecule has 2 nitrogen and oxygen atoms in total. The molecule has 1 saturated carbocycles. The third-order valence-corrected chi connectivity index (χ3v) is 4.97. The van der Waals surface area contributed by atoms with Gasteiger partial charge in [0.2, 0.25) is 5.91 Å². The average Bonchev–Trinajstić information content (AvgIpc) is 2.83. The summed E-state index contributed by atoms with van der Waals surface area (Å²) in [6.07, 6.45) is 5.22. The van der Waals surface area contributed by atoms with E-state index in [1.165, 1.54) is 29.3 Å². The molecule has 1 aliphatic carbocycles. The van der Waals surface area contributed by atoms with Crippen LogP contribution in [-0.4, -0.2) is 16.9 Å². The van der Waals surface area contributed by atoms with E-state index in [4.69, 9.17) is 0 Å². The van der Waals surface area contributed by atoms with Crippen molar-refractivity contribution in [3.63, 3.8) is 0 Å². The number of carbonyl (C=O) groups excluding carboxylic acids is 1. The number of hydrogen-bond donors (Lipinski definition) is 1. The maximum absolute atomic E-state index is 11.7. The van der Waals surface area contributed by atoms with E-state index in [0.717, 1.165) is 5.69 Å². The second-order valence-electron chi connectivity index (χ2n) is 4.27. The van der Waals surface area contributed by atoms with E-state index in [-0.39, 0.29) is 5.91 Å². The van der Waals surface area contributed by atoms with Crippen LogP contribution in [0.25, 0.3) is 0 Å². The first-order valence-electron chi connectivity index (χ1n) is 5.91. The van der Waals surface area contributed by atoms with Gasteiger partial charge in [-0.3, -0.25) is 4.79 Å². The highest BCUT2D eigenvalue weighted by Gasteiger charge is 2.16. The lowest BCUT2D eigenvalue weighted by molar-refractivity contribution is -0.113. The van der Waals surface area contributed by atoms with Crippen LogP contribution >= 0.6 is 34.4 Å². The first-order valence-corrected chi connectivity index (χ1v) is 8.04. The average molecular weight is 361 g/mol. The van der Waals surface area contributed by atoms with Gasteiger partial charge in [0.25, 0.3) is 0 Å². The van der Waals surface area contributed by atoms with Crippen LogP contribution in [0.2, 0.25) is 0 Å². The van der Waals surface area contributed by atoms with Crippen LogP contribution in [0.15, 0.2) is 24.3 Å². The van der Waals surface area contributed by atoms with Gasteiger partial charge in [-0.2, -0.15) is 0 Å². The predicted octanol–water partition coefficient (Wildman–Crippen LogP) is 3.91. The lowest BCUT2D eigenvalue weighted by Crippen LogP contribution is -2.15. The summed E-state index contributed by atoms with van der Waals surface area (Å²) in [6.45, 7) is 0. The minimum atomic E-state index is 0.114. The smallest absolute Gasteiger partial charge is 0.234 e. The predicted molar refractivity (Wildman–Crippen MR) is 82.5 cm³/mol. The fraction of sp³-hybridized carbons (Fsp3) is 0.462. The van der Waals surface area contributed by atoms with E-state index < -0.39 is 0 Å². The highest BCUT2D eigenvalue weighted by atomic mass is 127. The molecule has 4 heteroatoms. The van der Waals surface area contributed by atoms with Crippen molar-refractivity contribution in [2.24, 2.45) is 0 Å². The van der Waals surface area contributed by atoms with Crippen molar-refractivity contribution in [3.05, 3.63) is 27.8 Å². The maximum atomic E-state index is 11.7. The molecule has 2 rings (SSSR count). The molecule has 0 heterocycles. The fourth-order valence-corrected chi connectivity index (χ4v) is 3.46. The number of amides is 1. The number of benzene rings is 1. The van der Waals surface area contributed by atoms with Crippen LogP contribution in [0.1, 0.15) is 25.7 Å². The molecular formula is C13H16INOS. The van der Waals surface area contributed by atoms with Crippen LogP contribution in [-0.2, 0) is 4.79 Å². The normalized spacial score (nSPS) is 16.1. The van der Waals surface area contributed by atoms with Crippen molar-refractivity contribution in [2.45, 2.75) is 30.9 Å². The minimum absolute atomic E-state index is 0.114. The topological polar surface area (TPSA) is 29.1 Å². The zero-order chi connectivity index (χ0) is 12.1. The first kappa shape index (κ1) is 13.2. The second kappa shape index (κ2) is 6.64. The Hall–Kier alpha value is -0.230. The molecule has 0 spiro atoms. The summed E-state index contributed by atoms with van der Waals surface area (Å²) in [5.41, 5.74) is 0.891. The van der Waals surface area contributed by atoms with E-state index in [2.05, 4.69) is 27.9 Å². The molecule has 92 valence electrons. The fourth-order valence-electron chi connectivity index (χ4n) is 1.98. The molecule has 0 saturated heterocycles. The molecule has 0 atom stereocenters. The largest absolute Gasteiger partial charge is 0.325 e. The third kappa shape index (κ3) is 4.50. The Labute approximate surface area is 120 Å². The Balaban J connectivity index is 1.74. The summed E-state index contributed by atoms with van der Waals surface area (Å²) in [5.74, 6) is 0.694. The van der Waals surface area contributed by atoms with Gasteiger partial charge in [0.15, 0.2) is 0 Å². The lowest BCUT2D eigenvalue weighted by Gasteiger charge is -2.09. The minimum Gasteiger partial charge on any atom is -0.325 e. The number of carbonyl (C=O) groups is 1. The van der Waals surface area contributed by atoms with Gasteiger partial charge in [-0.25, -0.2) is 0 Å². The molecule has 0 aliphatic heterocycles. The standard InChI is InChI=1S/C13H16INOS/c14-10-5-7-11(8-6-10)15-13(16)9-17-12-3-1-2-4-12/h5-8,12H,1-4,9H2,(H,15,16). The van der Waals surface area contributed by atoms with Crippen LogP contribution < -0.4 is 5.32 Å². The molecule has 0 radical (unpaired) electrons. The molecule has 1 N–H and O–H groups in total. The van der Waals surface area contributed by atoms with Crippen molar-refractivity contribution >= 4 is 45.9 Å². The Morgan fingerprint density at radius 2 is 1.94 bits per heavy atom. The summed E-state index contributed by atoms with van der Waals surface area (Å²) in [4.78, 5) is 11.7. The Bertz CT molecular complexity index is 374. The lowest BCUT2D eigenvalue weighted by atomic mass is 10.3. The molecule has 1 aromatic rings. The molecule has 17 heavy (non-hydrogen) atoms. The van der Waals surface area contributed by atoms with E-state index in [9.17, 15) is 4.79 Å². The van der Waals surface area contributed by atoms with Crippen molar-refractivity contribution < 1.29 is 4.79 Å². The van der Waals surface area contributed by atoms with Crippen molar-refractivity contribution in [1.82, 2.24) is 0 Å². The number of thioether (sulfide) groups is 1. The quantitative estimate of drug-likeness (QED) is 0.824. The zero-order valence-corrected chi connectivity index (χ0v) is 12.6. The van der Waals surface area contributed by atoms with Gasteiger partial charge in [-0.15, -0.1) is 11.8 Å². The van der Waals surface area contributed by atoms with Crippen molar-refractivity contribution in [1.29, 1.82) is 0 Å². The molecule has 0 aromatic heterocycles. The SMILES string of the molecule is O=C(CSC1CCCC1)Nc1ccc(I)cc1. The van der Waals surface area contributed by atoms with Gasteiger partial charge in [0, 0.05) is 14.5 Å². The van der Waals surface area contributed by atoms with E-state index in [1.807, 2.05) is 24.3 Å². The van der Waals surface area contributed by atoms with Gasteiger partial charge in [-0.05, 0) is 59.7 Å². The van der Waals surface area contributed by atoms with E-state index in [0.29, 0.717) is 11.0 Å². The molecule has 1 aromatic carbocycles. The van der Waals surface area contributed by atoms with Crippen LogP contribution in [0.3, 0.4) is 0 Å². The number of anilines is 1. The van der Waals surface area contributed by atoms with Crippen LogP contribution in [0, 0.1) is 3.57 Å². The van der Waals surface area contributed by atoms with Crippen molar-refractivity contribution in [3.8, 4) is 0 Å². The molecular weight excluding hydrogens is 345 g/mol. The number of nitrogens with one attached hydrogen (secondary N) is 1. The molecule has 1 aliphatic rings. The van der Waals surface area contributed by atoms with Gasteiger partial charge in [0.05, 0.1) is 5.75 Å². The van der Waals surface area contributed by atoms with Crippen LogP contribution in [0.5, 0.6) is 0 Å². The van der Waals surface area contributed by atoms with Crippen molar-refractivity contribution in [2.75, 3.05) is 11.1 Å².